The highest BCUT2D eigenvalue weighted by atomic mass is 15.0. The molecular weight excluding hydrogens is 500 g/mol. The quantitative estimate of drug-likeness (QED) is 0.208. The normalized spacial score (nSPS) is 11.8. The maximum atomic E-state index is 2.39. The summed E-state index contributed by atoms with van der Waals surface area (Å²) in [6, 6.07) is 39.6. The highest BCUT2D eigenvalue weighted by molar-refractivity contribution is 6.09. The Labute approximate surface area is 238 Å². The minimum absolute atomic E-state index is 0.958. The number of hydrogen-bond donors (Lipinski definition) is 0. The molecule has 0 saturated heterocycles. The molecule has 196 valence electrons. The molecule has 0 aliphatic heterocycles. The van der Waals surface area contributed by atoms with Crippen LogP contribution in [0.25, 0.3) is 66.1 Å². The van der Waals surface area contributed by atoms with E-state index >= 15 is 0 Å². The molecule has 41 heavy (non-hydrogen) atoms. The number of para-hydroxylation sites is 2. The molecule has 0 spiro atoms. The molecule has 0 aliphatic carbocycles. The molecule has 0 N–H and O–H groups in total. The first-order valence-electron chi connectivity index (χ1n) is 14.2. The molecule has 8 aromatic rings. The summed E-state index contributed by atoms with van der Waals surface area (Å²) in [5.41, 5.74) is 9.80. The lowest BCUT2D eigenvalue weighted by atomic mass is 10.1. The van der Waals surface area contributed by atoms with E-state index in [0.717, 1.165) is 17.9 Å². The van der Waals surface area contributed by atoms with Gasteiger partial charge in [-0.25, -0.2) is 0 Å². The summed E-state index contributed by atoms with van der Waals surface area (Å²) < 4.78 is 9.05. The van der Waals surface area contributed by atoms with Gasteiger partial charge in [0.15, 0.2) is 24.8 Å². The van der Waals surface area contributed by atoms with Crippen LogP contribution in [0.15, 0.2) is 134 Å². The predicted molar refractivity (Wildman–Crippen MR) is 168 cm³/mol. The van der Waals surface area contributed by atoms with Crippen molar-refractivity contribution in [1.29, 1.82) is 0 Å². The Balaban J connectivity index is 1.10. The largest absolute Gasteiger partial charge is 0.344 e. The van der Waals surface area contributed by atoms with Gasteiger partial charge in [0.05, 0.1) is 0 Å². The number of nitrogens with zero attached hydrogens (tertiary/aromatic N) is 4. The Bertz CT molecular complexity index is 2230. The fraction of sp³-hybridized carbons (Fsp3) is 0.0811. The SMILES string of the molecule is CCn1c2ccccc2c2cc(-[n+]3ccc(-c4cc[n+](-c5ccc6c(c5)c5ccccc5n6C)cc4)cc3)ccc21. The van der Waals surface area contributed by atoms with Crippen molar-refractivity contribution in [2.75, 3.05) is 0 Å². The Morgan fingerprint density at radius 3 is 1.51 bits per heavy atom. The third kappa shape index (κ3) is 3.68. The standard InChI is InChI=1S/C37H30N4/c1-3-41-36-11-7-5-9-31(36)33-25-29(13-15-37(33)41)40-22-18-27(19-23-40)26-16-20-39(21-17-26)28-12-14-35-32(24-28)30-8-4-6-10-34(30)38(35)2/h4-25H,3H2,1-2H3/q+2. The van der Waals surface area contributed by atoms with Crippen LogP contribution in [0, 0.1) is 0 Å². The van der Waals surface area contributed by atoms with Crippen LogP contribution in [0.4, 0.5) is 0 Å². The van der Waals surface area contributed by atoms with Gasteiger partial charge in [0.1, 0.15) is 0 Å². The van der Waals surface area contributed by atoms with E-state index in [9.17, 15) is 0 Å². The number of aryl methyl sites for hydroxylation is 2. The van der Waals surface area contributed by atoms with Gasteiger partial charge in [0.2, 0.25) is 11.4 Å². The molecule has 0 aliphatic rings. The fourth-order valence-corrected chi connectivity index (χ4v) is 6.44. The van der Waals surface area contributed by atoms with Crippen LogP contribution in [-0.2, 0) is 13.6 Å². The molecular formula is C37H30N4+2. The second-order valence-electron chi connectivity index (χ2n) is 10.7. The summed E-state index contributed by atoms with van der Waals surface area (Å²) in [5.74, 6) is 0. The van der Waals surface area contributed by atoms with E-state index in [1.165, 1.54) is 54.7 Å². The average Bonchev–Trinajstić information content (AvgIpc) is 3.52. The van der Waals surface area contributed by atoms with Gasteiger partial charge in [-0.15, -0.1) is 0 Å². The van der Waals surface area contributed by atoms with E-state index < -0.39 is 0 Å². The van der Waals surface area contributed by atoms with Crippen molar-refractivity contribution >= 4 is 43.6 Å². The number of fused-ring (bicyclic) bond motifs is 6. The fourth-order valence-electron chi connectivity index (χ4n) is 6.44. The lowest BCUT2D eigenvalue weighted by molar-refractivity contribution is -0.596. The highest BCUT2D eigenvalue weighted by Gasteiger charge is 2.15. The molecule has 0 fully saturated rings. The monoisotopic (exact) mass is 530 g/mol. The van der Waals surface area contributed by atoms with Gasteiger partial charge in [0, 0.05) is 106 Å². The molecule has 8 rings (SSSR count). The summed E-state index contributed by atoms with van der Waals surface area (Å²) in [5, 5.41) is 5.17. The smallest absolute Gasteiger partial charge is 0.211 e. The van der Waals surface area contributed by atoms with Crippen LogP contribution in [0.2, 0.25) is 0 Å². The number of hydrogen-bond acceptors (Lipinski definition) is 0. The number of benzene rings is 4. The second kappa shape index (κ2) is 9.17. The van der Waals surface area contributed by atoms with Crippen LogP contribution in [0.3, 0.4) is 0 Å². The molecule has 4 aromatic carbocycles. The Morgan fingerprint density at radius 1 is 0.488 bits per heavy atom. The maximum absolute atomic E-state index is 2.39. The van der Waals surface area contributed by atoms with Gasteiger partial charge in [-0.2, -0.15) is 9.13 Å². The summed E-state index contributed by atoms with van der Waals surface area (Å²) >= 11 is 0. The molecule has 0 saturated carbocycles. The van der Waals surface area contributed by atoms with Crippen LogP contribution in [-0.4, -0.2) is 9.13 Å². The summed E-state index contributed by atoms with van der Waals surface area (Å²) in [6.45, 7) is 3.17. The van der Waals surface area contributed by atoms with E-state index in [1.54, 1.807) is 0 Å². The van der Waals surface area contributed by atoms with E-state index in [1.807, 2.05) is 0 Å². The van der Waals surface area contributed by atoms with E-state index in [4.69, 9.17) is 0 Å². The number of rotatable bonds is 4. The van der Waals surface area contributed by atoms with Crippen LogP contribution in [0.1, 0.15) is 6.92 Å². The first-order chi connectivity index (χ1) is 20.2. The Morgan fingerprint density at radius 2 is 0.927 bits per heavy atom. The summed E-state index contributed by atoms with van der Waals surface area (Å²) in [4.78, 5) is 0. The molecule has 0 amide bonds. The Hall–Kier alpha value is -5.22. The maximum Gasteiger partial charge on any atom is 0.211 e. The van der Waals surface area contributed by atoms with Gasteiger partial charge in [0.25, 0.3) is 0 Å². The van der Waals surface area contributed by atoms with Gasteiger partial charge in [-0.1, -0.05) is 36.4 Å². The molecule has 0 radical (unpaired) electrons. The second-order valence-corrected chi connectivity index (χ2v) is 10.7. The van der Waals surface area contributed by atoms with Crippen molar-refractivity contribution < 1.29 is 9.13 Å². The number of pyridine rings is 2. The molecule has 4 nitrogen and oxygen atoms in total. The van der Waals surface area contributed by atoms with Crippen molar-refractivity contribution in [3.8, 4) is 22.5 Å². The highest BCUT2D eigenvalue weighted by Crippen LogP contribution is 2.31. The van der Waals surface area contributed by atoms with Crippen molar-refractivity contribution in [2.45, 2.75) is 13.5 Å². The van der Waals surface area contributed by atoms with Gasteiger partial charge in [-0.05, 0) is 42.3 Å². The lowest BCUT2D eigenvalue weighted by Crippen LogP contribution is -2.29. The van der Waals surface area contributed by atoms with E-state index in [0.29, 0.717) is 0 Å². The van der Waals surface area contributed by atoms with Crippen molar-refractivity contribution in [2.24, 2.45) is 7.05 Å². The van der Waals surface area contributed by atoms with Gasteiger partial charge < -0.3 is 9.13 Å². The van der Waals surface area contributed by atoms with Gasteiger partial charge in [-0.3, -0.25) is 0 Å². The van der Waals surface area contributed by atoms with E-state index in [2.05, 4.69) is 166 Å². The topological polar surface area (TPSA) is 17.6 Å². The third-order valence-corrected chi connectivity index (χ3v) is 8.56. The zero-order valence-corrected chi connectivity index (χ0v) is 23.2. The molecule has 0 atom stereocenters. The zero-order valence-electron chi connectivity index (χ0n) is 23.2. The van der Waals surface area contributed by atoms with Crippen LogP contribution >= 0.6 is 0 Å². The van der Waals surface area contributed by atoms with Crippen molar-refractivity contribution in [3.05, 3.63) is 134 Å². The van der Waals surface area contributed by atoms with Crippen LogP contribution < -0.4 is 9.13 Å². The van der Waals surface area contributed by atoms with Gasteiger partial charge >= 0.3 is 0 Å². The zero-order chi connectivity index (χ0) is 27.5. The first-order valence-corrected chi connectivity index (χ1v) is 14.2. The molecule has 0 unspecified atom stereocenters. The van der Waals surface area contributed by atoms with Crippen molar-refractivity contribution in [3.63, 3.8) is 0 Å². The molecule has 0 bridgehead atoms. The van der Waals surface area contributed by atoms with E-state index in [-0.39, 0.29) is 0 Å². The first kappa shape index (κ1) is 23.6. The lowest BCUT2D eigenvalue weighted by Gasteiger charge is -2.03. The minimum atomic E-state index is 0.958. The molecule has 4 aromatic heterocycles. The average molecular weight is 531 g/mol. The minimum Gasteiger partial charge on any atom is -0.344 e. The molecule has 4 heteroatoms. The van der Waals surface area contributed by atoms with Crippen molar-refractivity contribution in [1.82, 2.24) is 9.13 Å². The van der Waals surface area contributed by atoms with Crippen LogP contribution in [0.5, 0.6) is 0 Å². The molecule has 4 heterocycles. The summed E-state index contributed by atoms with van der Waals surface area (Å²) in [7, 11) is 2.14. The third-order valence-electron chi connectivity index (χ3n) is 8.56. The predicted octanol–water partition coefficient (Wildman–Crippen LogP) is 7.68. The summed E-state index contributed by atoms with van der Waals surface area (Å²) in [6.07, 6.45) is 8.62. The Kier molecular flexibility index (Phi) is 5.29. The number of aromatic nitrogens is 4.